The Morgan fingerprint density at radius 3 is 2.85 bits per heavy atom. The number of hydrogen-bond acceptors (Lipinski definition) is 3. The van der Waals surface area contributed by atoms with Gasteiger partial charge in [-0.1, -0.05) is 31.0 Å². The van der Waals surface area contributed by atoms with Gasteiger partial charge in [-0.2, -0.15) is 0 Å². The minimum atomic E-state index is -0.424. The Labute approximate surface area is 119 Å². The van der Waals surface area contributed by atoms with Gasteiger partial charge in [-0.25, -0.2) is 0 Å². The first kappa shape index (κ1) is 14.6. The second-order valence-corrected chi connectivity index (χ2v) is 5.04. The van der Waals surface area contributed by atoms with Gasteiger partial charge in [0, 0.05) is 11.6 Å². The molecule has 1 saturated carbocycles. The predicted octanol–water partition coefficient (Wildman–Crippen LogP) is 2.13. The molecular formula is C16H21NO3. The van der Waals surface area contributed by atoms with Gasteiger partial charge < -0.3 is 15.2 Å². The summed E-state index contributed by atoms with van der Waals surface area (Å²) >= 11 is 0. The molecule has 4 heteroatoms. The molecule has 1 fully saturated rings. The number of amides is 1. The van der Waals surface area contributed by atoms with Crippen molar-refractivity contribution in [2.45, 2.75) is 37.8 Å². The highest BCUT2D eigenvalue weighted by Gasteiger charge is 2.23. The summed E-state index contributed by atoms with van der Waals surface area (Å²) in [7, 11) is 1.60. The van der Waals surface area contributed by atoms with Crippen molar-refractivity contribution in [1.29, 1.82) is 0 Å². The molecule has 1 aromatic rings. The van der Waals surface area contributed by atoms with Gasteiger partial charge in [-0.15, -0.1) is 0 Å². The molecule has 2 atom stereocenters. The van der Waals surface area contributed by atoms with E-state index in [4.69, 9.17) is 4.74 Å². The van der Waals surface area contributed by atoms with Crippen LogP contribution in [0.1, 0.15) is 31.2 Å². The third kappa shape index (κ3) is 3.84. The van der Waals surface area contributed by atoms with Crippen LogP contribution in [0, 0.1) is 0 Å². The van der Waals surface area contributed by atoms with E-state index in [0.29, 0.717) is 0 Å². The standard InChI is InChI=1S/C16H21NO3/c1-20-15-9-5-2-6-12(15)10-11-16(19)17-13-7-3-4-8-14(13)18/h2,5-6,9-11,13-14,18H,3-4,7-8H2,1H3,(H,17,19)/b11-10+/t13-,14-/m0/s1. The van der Waals surface area contributed by atoms with Gasteiger partial charge in [-0.3, -0.25) is 4.79 Å². The molecule has 108 valence electrons. The van der Waals surface area contributed by atoms with Crippen LogP contribution in [0.25, 0.3) is 6.08 Å². The lowest BCUT2D eigenvalue weighted by Gasteiger charge is -2.27. The molecule has 1 aromatic carbocycles. The van der Waals surface area contributed by atoms with Gasteiger partial charge in [0.15, 0.2) is 0 Å². The molecule has 0 bridgehead atoms. The smallest absolute Gasteiger partial charge is 0.244 e. The Bertz CT molecular complexity index is 484. The first-order valence-corrected chi connectivity index (χ1v) is 7.00. The fourth-order valence-corrected chi connectivity index (χ4v) is 2.48. The summed E-state index contributed by atoms with van der Waals surface area (Å²) in [5, 5.41) is 12.7. The minimum absolute atomic E-state index is 0.126. The minimum Gasteiger partial charge on any atom is -0.496 e. The van der Waals surface area contributed by atoms with Gasteiger partial charge in [0.25, 0.3) is 0 Å². The van der Waals surface area contributed by atoms with Crippen LogP contribution in [0.5, 0.6) is 5.75 Å². The highest BCUT2D eigenvalue weighted by atomic mass is 16.5. The van der Waals surface area contributed by atoms with Crippen LogP contribution in [-0.2, 0) is 4.79 Å². The largest absolute Gasteiger partial charge is 0.496 e. The highest BCUT2D eigenvalue weighted by molar-refractivity contribution is 5.92. The molecule has 1 aliphatic rings. The van der Waals surface area contributed by atoms with E-state index in [1.807, 2.05) is 24.3 Å². The van der Waals surface area contributed by atoms with Crippen LogP contribution in [0.2, 0.25) is 0 Å². The van der Waals surface area contributed by atoms with Gasteiger partial charge in [0.05, 0.1) is 19.3 Å². The van der Waals surface area contributed by atoms with E-state index in [2.05, 4.69) is 5.32 Å². The number of ether oxygens (including phenoxy) is 1. The molecule has 0 spiro atoms. The molecule has 0 aliphatic heterocycles. The average molecular weight is 275 g/mol. The maximum Gasteiger partial charge on any atom is 0.244 e. The van der Waals surface area contributed by atoms with Crippen molar-refractivity contribution in [3.05, 3.63) is 35.9 Å². The maximum atomic E-state index is 11.9. The van der Waals surface area contributed by atoms with Crippen LogP contribution in [-0.4, -0.2) is 30.3 Å². The molecule has 0 saturated heterocycles. The third-order valence-corrected chi connectivity index (χ3v) is 3.61. The van der Waals surface area contributed by atoms with Crippen molar-refractivity contribution < 1.29 is 14.6 Å². The van der Waals surface area contributed by atoms with Crippen molar-refractivity contribution in [1.82, 2.24) is 5.32 Å². The fraction of sp³-hybridized carbons (Fsp3) is 0.438. The summed E-state index contributed by atoms with van der Waals surface area (Å²) in [5.74, 6) is 0.552. The van der Waals surface area contributed by atoms with Gasteiger partial charge in [-0.05, 0) is 25.0 Å². The summed E-state index contributed by atoms with van der Waals surface area (Å²) in [6.45, 7) is 0. The zero-order valence-corrected chi connectivity index (χ0v) is 11.7. The van der Waals surface area contributed by atoms with Gasteiger partial charge in [0.1, 0.15) is 5.75 Å². The predicted molar refractivity (Wildman–Crippen MR) is 78.4 cm³/mol. The topological polar surface area (TPSA) is 58.6 Å². The SMILES string of the molecule is COc1ccccc1/C=C/C(=O)N[C@H]1CCCC[C@@H]1O. The molecule has 2 N–H and O–H groups in total. The van der Waals surface area contributed by atoms with Gasteiger partial charge in [0.2, 0.25) is 5.91 Å². The van der Waals surface area contributed by atoms with E-state index < -0.39 is 6.10 Å². The first-order valence-electron chi connectivity index (χ1n) is 7.00. The van der Waals surface area contributed by atoms with Crippen LogP contribution in [0.3, 0.4) is 0 Å². The van der Waals surface area contributed by atoms with E-state index in [1.165, 1.54) is 6.08 Å². The Morgan fingerprint density at radius 1 is 1.35 bits per heavy atom. The molecule has 0 radical (unpaired) electrons. The lowest BCUT2D eigenvalue weighted by atomic mass is 9.92. The zero-order valence-electron chi connectivity index (χ0n) is 11.7. The average Bonchev–Trinajstić information content (AvgIpc) is 2.48. The van der Waals surface area contributed by atoms with E-state index in [1.54, 1.807) is 13.2 Å². The van der Waals surface area contributed by atoms with Crippen molar-refractivity contribution in [2.24, 2.45) is 0 Å². The molecule has 4 nitrogen and oxygen atoms in total. The Balaban J connectivity index is 1.95. The summed E-state index contributed by atoms with van der Waals surface area (Å²) in [4.78, 5) is 11.9. The van der Waals surface area contributed by atoms with E-state index in [-0.39, 0.29) is 11.9 Å². The first-order chi connectivity index (χ1) is 9.70. The van der Waals surface area contributed by atoms with Crippen molar-refractivity contribution in [3.8, 4) is 5.75 Å². The second kappa shape index (κ2) is 7.10. The molecular weight excluding hydrogens is 254 g/mol. The number of methoxy groups -OCH3 is 1. The van der Waals surface area contributed by atoms with Crippen LogP contribution < -0.4 is 10.1 Å². The summed E-state index contributed by atoms with van der Waals surface area (Å²) in [5.41, 5.74) is 0.856. The molecule has 2 rings (SSSR count). The summed E-state index contributed by atoms with van der Waals surface area (Å²) in [6, 6.07) is 7.39. The monoisotopic (exact) mass is 275 g/mol. The van der Waals surface area contributed by atoms with Crippen molar-refractivity contribution in [2.75, 3.05) is 7.11 Å². The molecule has 1 amide bonds. The number of carbonyl (C=O) groups is 1. The van der Waals surface area contributed by atoms with E-state index in [0.717, 1.165) is 37.0 Å². The van der Waals surface area contributed by atoms with E-state index in [9.17, 15) is 9.90 Å². The number of hydrogen-bond donors (Lipinski definition) is 2. The number of para-hydroxylation sites is 1. The van der Waals surface area contributed by atoms with Crippen LogP contribution >= 0.6 is 0 Å². The molecule has 20 heavy (non-hydrogen) atoms. The molecule has 0 aromatic heterocycles. The Morgan fingerprint density at radius 2 is 2.10 bits per heavy atom. The lowest BCUT2D eigenvalue weighted by molar-refractivity contribution is -0.118. The van der Waals surface area contributed by atoms with Crippen LogP contribution in [0.15, 0.2) is 30.3 Å². The van der Waals surface area contributed by atoms with Crippen LogP contribution in [0.4, 0.5) is 0 Å². The summed E-state index contributed by atoms with van der Waals surface area (Å²) in [6.07, 6.45) is 6.48. The Hall–Kier alpha value is -1.81. The molecule has 0 heterocycles. The lowest BCUT2D eigenvalue weighted by Crippen LogP contribution is -2.44. The van der Waals surface area contributed by atoms with E-state index >= 15 is 0 Å². The normalized spacial score (nSPS) is 22.7. The second-order valence-electron chi connectivity index (χ2n) is 5.04. The number of benzene rings is 1. The van der Waals surface area contributed by atoms with Crippen molar-refractivity contribution >= 4 is 12.0 Å². The fourth-order valence-electron chi connectivity index (χ4n) is 2.48. The number of rotatable bonds is 4. The highest BCUT2D eigenvalue weighted by Crippen LogP contribution is 2.20. The number of aliphatic hydroxyl groups is 1. The number of carbonyl (C=O) groups excluding carboxylic acids is 1. The maximum absolute atomic E-state index is 11.9. The third-order valence-electron chi connectivity index (χ3n) is 3.61. The van der Waals surface area contributed by atoms with Gasteiger partial charge >= 0.3 is 0 Å². The number of nitrogens with one attached hydrogen (secondary N) is 1. The quantitative estimate of drug-likeness (QED) is 0.828. The number of aliphatic hydroxyl groups excluding tert-OH is 1. The Kier molecular flexibility index (Phi) is 5.18. The van der Waals surface area contributed by atoms with Crippen molar-refractivity contribution in [3.63, 3.8) is 0 Å². The summed E-state index contributed by atoms with van der Waals surface area (Å²) < 4.78 is 5.22. The molecule has 0 unspecified atom stereocenters. The zero-order chi connectivity index (χ0) is 14.4. The molecule has 1 aliphatic carbocycles.